The van der Waals surface area contributed by atoms with Crippen LogP contribution < -0.4 is 29.8 Å². The molecule has 11 heteroatoms. The summed E-state index contributed by atoms with van der Waals surface area (Å²) in [5.41, 5.74) is 1.62. The molecule has 0 atom stereocenters. The van der Waals surface area contributed by atoms with Crippen LogP contribution in [0.4, 0.5) is 4.39 Å². The molecule has 0 saturated heterocycles. The number of hydrogen-bond acceptors (Lipinski definition) is 8. The van der Waals surface area contributed by atoms with Crippen molar-refractivity contribution in [1.29, 1.82) is 0 Å². The summed E-state index contributed by atoms with van der Waals surface area (Å²) in [6, 6.07) is 15.3. The molecule has 39 heavy (non-hydrogen) atoms. The Labute approximate surface area is 226 Å². The summed E-state index contributed by atoms with van der Waals surface area (Å²) in [4.78, 5) is 30.8. The Bertz CT molecular complexity index is 1630. The standard InChI is InChI=1S/C28H24FN3O6S/c29-20-5-2-1-4-18(20)14-39-28-31-21-12-25-24(37-16-38-25)11-19(21)27(34)32(28)9-3-6-26(33)30-13-17-7-8-22-23(10-17)36-15-35-22/h1-2,4-5,7-8,10-12H,3,6,9,13-16H2,(H,30,33). The largest absolute Gasteiger partial charge is 0.454 e. The first-order chi connectivity index (χ1) is 19.0. The van der Waals surface area contributed by atoms with Gasteiger partial charge in [0.2, 0.25) is 19.5 Å². The number of amides is 1. The molecule has 3 heterocycles. The third-order valence-corrected chi connectivity index (χ3v) is 7.47. The van der Waals surface area contributed by atoms with Crippen LogP contribution in [0.2, 0.25) is 0 Å². The summed E-state index contributed by atoms with van der Waals surface area (Å²) < 4.78 is 37.4. The number of carbonyl (C=O) groups excluding carboxylic acids is 1. The van der Waals surface area contributed by atoms with Crippen LogP contribution in [0.15, 0.2) is 64.5 Å². The van der Waals surface area contributed by atoms with Gasteiger partial charge in [0.15, 0.2) is 28.2 Å². The van der Waals surface area contributed by atoms with E-state index in [0.29, 0.717) is 63.3 Å². The van der Waals surface area contributed by atoms with Crippen molar-refractivity contribution < 1.29 is 28.1 Å². The van der Waals surface area contributed by atoms with Gasteiger partial charge in [0.25, 0.3) is 5.56 Å². The van der Waals surface area contributed by atoms with Crippen LogP contribution in [-0.4, -0.2) is 29.0 Å². The Kier molecular flexibility index (Phi) is 6.97. The van der Waals surface area contributed by atoms with Crippen molar-refractivity contribution >= 4 is 28.6 Å². The highest BCUT2D eigenvalue weighted by Gasteiger charge is 2.20. The highest BCUT2D eigenvalue weighted by Crippen LogP contribution is 2.35. The molecular weight excluding hydrogens is 525 g/mol. The molecule has 0 saturated carbocycles. The minimum atomic E-state index is -0.317. The molecular formula is C28H24FN3O6S. The number of fused-ring (bicyclic) bond motifs is 3. The van der Waals surface area contributed by atoms with Crippen molar-refractivity contribution in [2.45, 2.75) is 36.8 Å². The zero-order chi connectivity index (χ0) is 26.8. The number of rotatable bonds is 9. The first-order valence-electron chi connectivity index (χ1n) is 12.4. The van der Waals surface area contributed by atoms with Crippen LogP contribution in [0, 0.1) is 5.82 Å². The van der Waals surface area contributed by atoms with Crippen molar-refractivity contribution in [1.82, 2.24) is 14.9 Å². The number of nitrogens with one attached hydrogen (secondary N) is 1. The van der Waals surface area contributed by atoms with E-state index in [9.17, 15) is 14.0 Å². The van der Waals surface area contributed by atoms with Crippen LogP contribution in [-0.2, 0) is 23.6 Å². The van der Waals surface area contributed by atoms with E-state index >= 15 is 0 Å². The number of benzene rings is 3. The fourth-order valence-electron chi connectivity index (χ4n) is 4.39. The lowest BCUT2D eigenvalue weighted by Crippen LogP contribution is -2.26. The minimum absolute atomic E-state index is 0.0795. The first-order valence-corrected chi connectivity index (χ1v) is 13.4. The van der Waals surface area contributed by atoms with Gasteiger partial charge in [0.05, 0.1) is 10.9 Å². The fourth-order valence-corrected chi connectivity index (χ4v) is 5.41. The molecule has 2 aliphatic rings. The molecule has 1 amide bonds. The lowest BCUT2D eigenvalue weighted by molar-refractivity contribution is -0.121. The quantitative estimate of drug-likeness (QED) is 0.243. The Hall–Kier alpha value is -4.25. The van der Waals surface area contributed by atoms with Crippen LogP contribution >= 0.6 is 11.8 Å². The molecule has 6 rings (SSSR count). The van der Waals surface area contributed by atoms with Gasteiger partial charge >= 0.3 is 0 Å². The monoisotopic (exact) mass is 549 g/mol. The number of carbonyl (C=O) groups is 1. The van der Waals surface area contributed by atoms with Crippen molar-refractivity contribution in [3.63, 3.8) is 0 Å². The smallest absolute Gasteiger partial charge is 0.262 e. The highest BCUT2D eigenvalue weighted by atomic mass is 32.2. The molecule has 3 aromatic carbocycles. The number of nitrogens with zero attached hydrogens (tertiary/aromatic N) is 2. The van der Waals surface area contributed by atoms with Crippen molar-refractivity contribution in [2.75, 3.05) is 13.6 Å². The summed E-state index contributed by atoms with van der Waals surface area (Å²) in [6.45, 7) is 0.894. The fraction of sp³-hybridized carbons (Fsp3) is 0.250. The lowest BCUT2D eigenvalue weighted by Gasteiger charge is -2.14. The van der Waals surface area contributed by atoms with Gasteiger partial charge in [0, 0.05) is 31.3 Å². The maximum Gasteiger partial charge on any atom is 0.262 e. The lowest BCUT2D eigenvalue weighted by atomic mass is 10.2. The average Bonchev–Trinajstić information content (AvgIpc) is 3.60. The van der Waals surface area contributed by atoms with Crippen LogP contribution in [0.3, 0.4) is 0 Å². The van der Waals surface area contributed by atoms with Gasteiger partial charge in [-0.05, 0) is 41.8 Å². The minimum Gasteiger partial charge on any atom is -0.454 e. The Morgan fingerprint density at radius 3 is 2.54 bits per heavy atom. The van der Waals surface area contributed by atoms with Crippen LogP contribution in [0.5, 0.6) is 23.0 Å². The van der Waals surface area contributed by atoms with E-state index in [2.05, 4.69) is 5.32 Å². The second kappa shape index (κ2) is 10.9. The van der Waals surface area contributed by atoms with Crippen LogP contribution in [0.1, 0.15) is 24.0 Å². The van der Waals surface area contributed by atoms with Gasteiger partial charge in [-0.15, -0.1) is 0 Å². The Morgan fingerprint density at radius 2 is 1.72 bits per heavy atom. The van der Waals surface area contributed by atoms with Gasteiger partial charge in [-0.2, -0.15) is 0 Å². The SMILES string of the molecule is O=C(CCCn1c(SCc2ccccc2F)nc2cc3c(cc2c1=O)OCO3)NCc1ccc2c(c1)OCO2. The van der Waals surface area contributed by atoms with E-state index in [1.54, 1.807) is 34.9 Å². The number of thioether (sulfide) groups is 1. The molecule has 0 bridgehead atoms. The van der Waals surface area contributed by atoms with Gasteiger partial charge in [0.1, 0.15) is 5.82 Å². The number of hydrogen-bond donors (Lipinski definition) is 1. The maximum absolute atomic E-state index is 14.2. The second-order valence-electron chi connectivity index (χ2n) is 9.02. The summed E-state index contributed by atoms with van der Waals surface area (Å²) in [7, 11) is 0. The van der Waals surface area contributed by atoms with Gasteiger partial charge in [-0.25, -0.2) is 9.37 Å². The zero-order valence-corrected chi connectivity index (χ0v) is 21.6. The predicted octanol–water partition coefficient (Wildman–Crippen LogP) is 4.38. The zero-order valence-electron chi connectivity index (χ0n) is 20.8. The molecule has 200 valence electrons. The molecule has 0 unspecified atom stereocenters. The first kappa shape index (κ1) is 25.1. The molecule has 1 N–H and O–H groups in total. The number of halogens is 1. The van der Waals surface area contributed by atoms with E-state index in [1.807, 2.05) is 18.2 Å². The summed E-state index contributed by atoms with van der Waals surface area (Å²) >= 11 is 1.27. The van der Waals surface area contributed by atoms with E-state index < -0.39 is 0 Å². The summed E-state index contributed by atoms with van der Waals surface area (Å²) in [6.07, 6.45) is 0.630. The average molecular weight is 550 g/mol. The number of aromatic nitrogens is 2. The normalized spacial score (nSPS) is 13.2. The second-order valence-corrected chi connectivity index (χ2v) is 9.96. The van der Waals surface area contributed by atoms with Gasteiger partial charge < -0.3 is 24.3 Å². The topological polar surface area (TPSA) is 101 Å². The van der Waals surface area contributed by atoms with Crippen molar-refractivity contribution in [3.8, 4) is 23.0 Å². The Balaban J connectivity index is 1.17. The van der Waals surface area contributed by atoms with Gasteiger partial charge in [-0.1, -0.05) is 36.0 Å². The number of ether oxygens (including phenoxy) is 4. The molecule has 0 fully saturated rings. The van der Waals surface area contributed by atoms with E-state index in [1.165, 1.54) is 17.8 Å². The predicted molar refractivity (Wildman–Crippen MR) is 142 cm³/mol. The molecule has 0 radical (unpaired) electrons. The summed E-state index contributed by atoms with van der Waals surface area (Å²) in [5.74, 6) is 2.20. The Morgan fingerprint density at radius 1 is 0.974 bits per heavy atom. The summed E-state index contributed by atoms with van der Waals surface area (Å²) in [5, 5.41) is 3.73. The maximum atomic E-state index is 14.2. The third-order valence-electron chi connectivity index (χ3n) is 6.44. The van der Waals surface area contributed by atoms with E-state index in [-0.39, 0.29) is 43.8 Å². The van der Waals surface area contributed by atoms with Crippen molar-refractivity contribution in [2.24, 2.45) is 0 Å². The van der Waals surface area contributed by atoms with Crippen molar-refractivity contribution in [3.05, 3.63) is 81.9 Å². The third kappa shape index (κ3) is 5.35. The molecule has 4 aromatic rings. The molecule has 2 aliphatic heterocycles. The van der Waals surface area contributed by atoms with E-state index in [0.717, 1.165) is 5.56 Å². The van der Waals surface area contributed by atoms with E-state index in [4.69, 9.17) is 23.9 Å². The highest BCUT2D eigenvalue weighted by molar-refractivity contribution is 7.98. The van der Waals surface area contributed by atoms with Gasteiger partial charge in [-0.3, -0.25) is 14.2 Å². The van der Waals surface area contributed by atoms with Crippen LogP contribution in [0.25, 0.3) is 10.9 Å². The molecule has 1 aromatic heterocycles. The molecule has 9 nitrogen and oxygen atoms in total. The molecule has 0 spiro atoms. The molecule has 0 aliphatic carbocycles.